The van der Waals surface area contributed by atoms with E-state index in [9.17, 15) is 4.79 Å². The molecule has 1 N–H and O–H groups in total. The van der Waals surface area contributed by atoms with Crippen molar-refractivity contribution in [3.05, 3.63) is 101 Å². The number of pyridine rings is 1. The summed E-state index contributed by atoms with van der Waals surface area (Å²) in [6.45, 7) is 6.40. The Labute approximate surface area is 195 Å². The average Bonchev–Trinajstić information content (AvgIpc) is 2.84. The van der Waals surface area contributed by atoms with E-state index in [4.69, 9.17) is 0 Å². The van der Waals surface area contributed by atoms with Crippen LogP contribution in [0.15, 0.2) is 73.2 Å². The number of aryl methyl sites for hydroxylation is 3. The minimum atomic E-state index is -0.145. The summed E-state index contributed by atoms with van der Waals surface area (Å²) in [6, 6.07) is 18.5. The van der Waals surface area contributed by atoms with Gasteiger partial charge in [-0.15, -0.1) is 0 Å². The molecular weight excluding hydrogens is 408 g/mol. The number of carbonyl (C=O) groups excluding carboxylic acids is 1. The van der Waals surface area contributed by atoms with Crippen LogP contribution in [0.1, 0.15) is 46.2 Å². The number of nitrogens with zero attached hydrogens (tertiary/aromatic N) is 3. The maximum Gasteiger partial charge on any atom is 0.251 e. The van der Waals surface area contributed by atoms with Gasteiger partial charge in [0.15, 0.2) is 0 Å². The number of aromatic nitrogens is 3. The molecule has 0 unspecified atom stereocenters. The first-order chi connectivity index (χ1) is 16.0. The third-order valence-corrected chi connectivity index (χ3v) is 5.52. The van der Waals surface area contributed by atoms with Gasteiger partial charge in [-0.05, 0) is 66.8 Å². The molecule has 0 radical (unpaired) electrons. The predicted molar refractivity (Wildman–Crippen MR) is 132 cm³/mol. The minimum absolute atomic E-state index is 0.145. The lowest BCUT2D eigenvalue weighted by Crippen LogP contribution is -2.23. The van der Waals surface area contributed by atoms with Crippen molar-refractivity contribution in [3.63, 3.8) is 0 Å². The van der Waals surface area contributed by atoms with Gasteiger partial charge in [0.05, 0.1) is 5.69 Å². The summed E-state index contributed by atoms with van der Waals surface area (Å²) in [6.07, 6.45) is 7.49. The zero-order chi connectivity index (χ0) is 23.2. The quantitative estimate of drug-likeness (QED) is 0.403. The Morgan fingerprint density at radius 2 is 1.52 bits per heavy atom. The summed E-state index contributed by atoms with van der Waals surface area (Å²) in [4.78, 5) is 26.0. The van der Waals surface area contributed by atoms with Crippen LogP contribution in [0.2, 0.25) is 0 Å². The number of hydrogen-bond acceptors (Lipinski definition) is 4. The fourth-order valence-electron chi connectivity index (χ4n) is 3.66. The summed E-state index contributed by atoms with van der Waals surface area (Å²) in [5, 5.41) is 2.99. The van der Waals surface area contributed by atoms with Gasteiger partial charge in [-0.2, -0.15) is 0 Å². The van der Waals surface area contributed by atoms with E-state index in [1.807, 2.05) is 44.3 Å². The van der Waals surface area contributed by atoms with Crippen LogP contribution in [0, 0.1) is 13.8 Å². The molecule has 1 amide bonds. The van der Waals surface area contributed by atoms with E-state index in [2.05, 4.69) is 57.5 Å². The van der Waals surface area contributed by atoms with Gasteiger partial charge in [-0.1, -0.05) is 43.7 Å². The standard InChI is InChI=1S/C28H28N4O/c1-4-5-21-7-9-23(10-8-21)24-12-25(27-11-6-19(2)15-31-27)14-26(13-24)28(33)32-18-22-16-29-20(3)30-17-22/h6-17H,4-5,18H2,1-3H3,(H,32,33). The Morgan fingerprint density at radius 3 is 2.18 bits per heavy atom. The summed E-state index contributed by atoms with van der Waals surface area (Å²) in [5.74, 6) is 0.561. The molecule has 2 aromatic carbocycles. The highest BCUT2D eigenvalue weighted by atomic mass is 16.1. The first-order valence-electron chi connectivity index (χ1n) is 11.2. The van der Waals surface area contributed by atoms with Crippen molar-refractivity contribution in [1.29, 1.82) is 0 Å². The van der Waals surface area contributed by atoms with Crippen LogP contribution < -0.4 is 5.32 Å². The molecule has 33 heavy (non-hydrogen) atoms. The molecule has 0 saturated heterocycles. The second-order valence-corrected chi connectivity index (χ2v) is 8.29. The van der Waals surface area contributed by atoms with Gasteiger partial charge in [-0.3, -0.25) is 9.78 Å². The number of rotatable bonds is 7. The van der Waals surface area contributed by atoms with Gasteiger partial charge in [0.25, 0.3) is 5.91 Å². The SMILES string of the molecule is CCCc1ccc(-c2cc(C(=O)NCc3cnc(C)nc3)cc(-c3ccc(C)cn3)c2)cc1. The van der Waals surface area contributed by atoms with E-state index in [0.29, 0.717) is 17.9 Å². The van der Waals surface area contributed by atoms with Gasteiger partial charge in [0.1, 0.15) is 5.82 Å². The predicted octanol–water partition coefficient (Wildman–Crippen LogP) is 5.70. The first kappa shape index (κ1) is 22.3. The van der Waals surface area contributed by atoms with Crippen LogP contribution in [0.5, 0.6) is 0 Å². The van der Waals surface area contributed by atoms with Crippen LogP contribution in [0.25, 0.3) is 22.4 Å². The van der Waals surface area contributed by atoms with Crippen LogP contribution in [0.4, 0.5) is 0 Å². The molecule has 0 fully saturated rings. The fourth-order valence-corrected chi connectivity index (χ4v) is 3.66. The van der Waals surface area contributed by atoms with Crippen molar-refractivity contribution < 1.29 is 4.79 Å². The summed E-state index contributed by atoms with van der Waals surface area (Å²) >= 11 is 0. The van der Waals surface area contributed by atoms with E-state index in [-0.39, 0.29) is 5.91 Å². The highest BCUT2D eigenvalue weighted by Gasteiger charge is 2.12. The molecule has 2 heterocycles. The number of carbonyl (C=O) groups is 1. The third kappa shape index (κ3) is 5.69. The lowest BCUT2D eigenvalue weighted by molar-refractivity contribution is 0.0951. The van der Waals surface area contributed by atoms with E-state index >= 15 is 0 Å². The zero-order valence-electron chi connectivity index (χ0n) is 19.3. The van der Waals surface area contributed by atoms with E-state index < -0.39 is 0 Å². The smallest absolute Gasteiger partial charge is 0.251 e. The highest BCUT2D eigenvalue weighted by molar-refractivity contribution is 5.97. The number of amides is 1. The average molecular weight is 437 g/mol. The van der Waals surface area contributed by atoms with Crippen molar-refractivity contribution >= 4 is 5.91 Å². The molecule has 0 saturated carbocycles. The van der Waals surface area contributed by atoms with Crippen molar-refractivity contribution in [1.82, 2.24) is 20.3 Å². The first-order valence-corrected chi connectivity index (χ1v) is 11.2. The van der Waals surface area contributed by atoms with E-state index in [1.165, 1.54) is 5.56 Å². The van der Waals surface area contributed by atoms with Gasteiger partial charge >= 0.3 is 0 Å². The molecular formula is C28H28N4O. The molecule has 166 valence electrons. The lowest BCUT2D eigenvalue weighted by atomic mass is 9.96. The molecule has 5 nitrogen and oxygen atoms in total. The Hall–Kier alpha value is -3.86. The maximum absolute atomic E-state index is 13.1. The molecule has 0 spiro atoms. The summed E-state index contributed by atoms with van der Waals surface area (Å²) in [5.41, 5.74) is 7.68. The normalized spacial score (nSPS) is 10.8. The second kappa shape index (κ2) is 10.2. The van der Waals surface area contributed by atoms with Crippen molar-refractivity contribution in [2.75, 3.05) is 0 Å². The molecule has 4 aromatic rings. The molecule has 0 aliphatic rings. The summed E-state index contributed by atoms with van der Waals surface area (Å²) < 4.78 is 0. The molecule has 0 aliphatic carbocycles. The Morgan fingerprint density at radius 1 is 0.788 bits per heavy atom. The van der Waals surface area contributed by atoms with Gasteiger partial charge in [-0.25, -0.2) is 9.97 Å². The second-order valence-electron chi connectivity index (χ2n) is 8.29. The molecule has 2 aromatic heterocycles. The van der Waals surface area contributed by atoms with Crippen molar-refractivity contribution in [2.24, 2.45) is 0 Å². The Kier molecular flexibility index (Phi) is 6.89. The minimum Gasteiger partial charge on any atom is -0.348 e. The highest BCUT2D eigenvalue weighted by Crippen LogP contribution is 2.28. The van der Waals surface area contributed by atoms with Crippen molar-refractivity contribution in [2.45, 2.75) is 40.2 Å². The number of hydrogen-bond donors (Lipinski definition) is 1. The molecule has 5 heteroatoms. The molecule has 0 aliphatic heterocycles. The van der Waals surface area contributed by atoms with Gasteiger partial charge < -0.3 is 5.32 Å². The van der Waals surface area contributed by atoms with Crippen LogP contribution in [-0.2, 0) is 13.0 Å². The summed E-state index contributed by atoms with van der Waals surface area (Å²) in [7, 11) is 0. The van der Waals surface area contributed by atoms with Crippen LogP contribution in [0.3, 0.4) is 0 Å². The number of benzene rings is 2. The molecule has 4 rings (SSSR count). The molecule has 0 bridgehead atoms. The lowest BCUT2D eigenvalue weighted by Gasteiger charge is -2.12. The Balaban J connectivity index is 1.66. The topological polar surface area (TPSA) is 67.8 Å². The van der Waals surface area contributed by atoms with Crippen LogP contribution >= 0.6 is 0 Å². The monoisotopic (exact) mass is 436 g/mol. The maximum atomic E-state index is 13.1. The van der Waals surface area contributed by atoms with E-state index in [1.54, 1.807) is 12.4 Å². The fraction of sp³-hybridized carbons (Fsp3) is 0.214. The zero-order valence-corrected chi connectivity index (χ0v) is 19.3. The van der Waals surface area contributed by atoms with Crippen molar-refractivity contribution in [3.8, 4) is 22.4 Å². The van der Waals surface area contributed by atoms with Crippen LogP contribution in [-0.4, -0.2) is 20.9 Å². The number of nitrogens with one attached hydrogen (secondary N) is 1. The van der Waals surface area contributed by atoms with E-state index in [0.717, 1.165) is 46.4 Å². The van der Waals surface area contributed by atoms with Gasteiger partial charge in [0.2, 0.25) is 0 Å². The Bertz CT molecular complexity index is 1230. The molecule has 0 atom stereocenters. The largest absolute Gasteiger partial charge is 0.348 e. The van der Waals surface area contributed by atoms with Gasteiger partial charge in [0, 0.05) is 41.8 Å². The third-order valence-electron chi connectivity index (χ3n) is 5.52.